The van der Waals surface area contributed by atoms with Gasteiger partial charge in [0.2, 0.25) is 0 Å². The van der Waals surface area contributed by atoms with Crippen molar-refractivity contribution in [2.45, 2.75) is 51.0 Å². The standard InChI is InChI=1S/C11H17NO/c12-8-11-5-2-1-3-9(11)7-10(13)4-6-11/h9-10,13H,1-7H2/t9-,10-,11-/m1/s1. The molecule has 0 unspecified atom stereocenters. The summed E-state index contributed by atoms with van der Waals surface area (Å²) in [4.78, 5) is 0. The Hall–Kier alpha value is -0.550. The van der Waals surface area contributed by atoms with Crippen LogP contribution in [-0.2, 0) is 0 Å². The molecular weight excluding hydrogens is 162 g/mol. The molecule has 0 spiro atoms. The lowest BCUT2D eigenvalue weighted by atomic mass is 9.60. The number of fused-ring (bicyclic) bond motifs is 1. The summed E-state index contributed by atoms with van der Waals surface area (Å²) in [6.07, 6.45) is 7.18. The smallest absolute Gasteiger partial charge is 0.0692 e. The van der Waals surface area contributed by atoms with E-state index in [-0.39, 0.29) is 11.5 Å². The van der Waals surface area contributed by atoms with Crippen LogP contribution in [0.25, 0.3) is 0 Å². The van der Waals surface area contributed by atoms with Crippen LogP contribution < -0.4 is 0 Å². The summed E-state index contributed by atoms with van der Waals surface area (Å²) >= 11 is 0. The molecular formula is C11H17NO. The Morgan fingerprint density at radius 3 is 2.85 bits per heavy atom. The van der Waals surface area contributed by atoms with Gasteiger partial charge in [0.25, 0.3) is 0 Å². The van der Waals surface area contributed by atoms with Crippen molar-refractivity contribution in [3.63, 3.8) is 0 Å². The first-order chi connectivity index (χ1) is 6.27. The molecule has 2 rings (SSSR count). The molecule has 3 atom stereocenters. The van der Waals surface area contributed by atoms with Crippen LogP contribution in [0.15, 0.2) is 0 Å². The van der Waals surface area contributed by atoms with Crippen molar-refractivity contribution >= 4 is 0 Å². The second-order valence-corrected chi connectivity index (χ2v) is 4.64. The molecule has 0 saturated heterocycles. The molecule has 1 N–H and O–H groups in total. The van der Waals surface area contributed by atoms with E-state index in [4.69, 9.17) is 0 Å². The molecule has 0 radical (unpaired) electrons. The highest BCUT2D eigenvalue weighted by molar-refractivity contribution is 5.07. The first kappa shape index (κ1) is 9.02. The number of hydrogen-bond acceptors (Lipinski definition) is 2. The zero-order chi connectivity index (χ0) is 9.31. The molecule has 2 nitrogen and oxygen atoms in total. The van der Waals surface area contributed by atoms with E-state index >= 15 is 0 Å². The van der Waals surface area contributed by atoms with Crippen molar-refractivity contribution in [3.8, 4) is 6.07 Å². The highest BCUT2D eigenvalue weighted by Crippen LogP contribution is 2.49. The van der Waals surface area contributed by atoms with E-state index < -0.39 is 0 Å². The van der Waals surface area contributed by atoms with Crippen molar-refractivity contribution < 1.29 is 5.11 Å². The van der Waals surface area contributed by atoms with Gasteiger partial charge in [0, 0.05) is 0 Å². The molecule has 0 heterocycles. The summed E-state index contributed by atoms with van der Waals surface area (Å²) < 4.78 is 0. The van der Waals surface area contributed by atoms with Gasteiger partial charge in [-0.15, -0.1) is 0 Å². The van der Waals surface area contributed by atoms with Gasteiger partial charge in [-0.2, -0.15) is 5.26 Å². The molecule has 2 aliphatic carbocycles. The van der Waals surface area contributed by atoms with Gasteiger partial charge < -0.3 is 5.11 Å². The van der Waals surface area contributed by atoms with E-state index in [1.807, 2.05) is 0 Å². The number of hydrogen-bond donors (Lipinski definition) is 1. The second kappa shape index (κ2) is 3.31. The van der Waals surface area contributed by atoms with Crippen molar-refractivity contribution in [3.05, 3.63) is 0 Å². The van der Waals surface area contributed by atoms with Gasteiger partial charge in [0.1, 0.15) is 0 Å². The summed E-state index contributed by atoms with van der Waals surface area (Å²) in [7, 11) is 0. The normalized spacial score (nSPS) is 44.9. The van der Waals surface area contributed by atoms with E-state index in [0.29, 0.717) is 5.92 Å². The number of aliphatic hydroxyl groups excluding tert-OH is 1. The molecule has 72 valence electrons. The predicted molar refractivity (Wildman–Crippen MR) is 49.9 cm³/mol. The minimum absolute atomic E-state index is 0.0581. The summed E-state index contributed by atoms with van der Waals surface area (Å²) in [5.74, 6) is 0.481. The average Bonchev–Trinajstić information content (AvgIpc) is 2.18. The van der Waals surface area contributed by atoms with Crippen molar-refractivity contribution in [2.75, 3.05) is 0 Å². The minimum atomic E-state index is -0.135. The Kier molecular flexibility index (Phi) is 2.29. The van der Waals surface area contributed by atoms with Crippen LogP contribution in [0.3, 0.4) is 0 Å². The summed E-state index contributed by atoms with van der Waals surface area (Å²) in [6.45, 7) is 0. The maximum absolute atomic E-state index is 9.55. The van der Waals surface area contributed by atoms with Crippen LogP contribution in [0.4, 0.5) is 0 Å². The zero-order valence-electron chi connectivity index (χ0n) is 8.00. The fourth-order valence-electron chi connectivity index (χ4n) is 3.06. The van der Waals surface area contributed by atoms with Crippen LogP contribution in [0, 0.1) is 22.7 Å². The van der Waals surface area contributed by atoms with E-state index in [2.05, 4.69) is 6.07 Å². The van der Waals surface area contributed by atoms with Gasteiger partial charge in [-0.25, -0.2) is 0 Å². The fraction of sp³-hybridized carbons (Fsp3) is 0.909. The number of aliphatic hydroxyl groups is 1. The third-order valence-electron chi connectivity index (χ3n) is 3.91. The molecule has 0 aromatic carbocycles. The van der Waals surface area contributed by atoms with Gasteiger partial charge in [-0.3, -0.25) is 0 Å². The minimum Gasteiger partial charge on any atom is -0.393 e. The summed E-state index contributed by atoms with van der Waals surface area (Å²) in [5, 5.41) is 18.8. The van der Waals surface area contributed by atoms with E-state index in [9.17, 15) is 10.4 Å². The highest BCUT2D eigenvalue weighted by atomic mass is 16.3. The molecule has 0 bridgehead atoms. The molecule has 0 amide bonds. The molecule has 2 aliphatic rings. The monoisotopic (exact) mass is 179 g/mol. The summed E-state index contributed by atoms with van der Waals surface area (Å²) in [6, 6.07) is 2.53. The maximum Gasteiger partial charge on any atom is 0.0692 e. The molecule has 2 saturated carbocycles. The quantitative estimate of drug-likeness (QED) is 0.619. The number of nitriles is 1. The Morgan fingerprint density at radius 2 is 2.08 bits per heavy atom. The summed E-state index contributed by atoms with van der Waals surface area (Å²) in [5.41, 5.74) is -0.0581. The van der Waals surface area contributed by atoms with E-state index in [1.54, 1.807) is 0 Å². The zero-order valence-corrected chi connectivity index (χ0v) is 8.00. The molecule has 0 aliphatic heterocycles. The Bertz CT molecular complexity index is 233. The first-order valence-electron chi connectivity index (χ1n) is 5.36. The highest BCUT2D eigenvalue weighted by Gasteiger charge is 2.44. The molecule has 0 aromatic rings. The van der Waals surface area contributed by atoms with Gasteiger partial charge in [0.15, 0.2) is 0 Å². The fourth-order valence-corrected chi connectivity index (χ4v) is 3.06. The first-order valence-corrected chi connectivity index (χ1v) is 5.36. The second-order valence-electron chi connectivity index (χ2n) is 4.64. The Balaban J connectivity index is 2.15. The van der Waals surface area contributed by atoms with Crippen molar-refractivity contribution in [2.24, 2.45) is 11.3 Å². The number of rotatable bonds is 0. The van der Waals surface area contributed by atoms with E-state index in [1.165, 1.54) is 12.8 Å². The third kappa shape index (κ3) is 1.46. The van der Waals surface area contributed by atoms with E-state index in [0.717, 1.165) is 32.1 Å². The topological polar surface area (TPSA) is 44.0 Å². The lowest BCUT2D eigenvalue weighted by Crippen LogP contribution is -2.39. The SMILES string of the molecule is N#C[C@]12CCCC[C@@H]1C[C@H](O)CC2. The van der Waals surface area contributed by atoms with Gasteiger partial charge >= 0.3 is 0 Å². The largest absolute Gasteiger partial charge is 0.393 e. The molecule has 0 aromatic heterocycles. The van der Waals surface area contributed by atoms with Crippen molar-refractivity contribution in [1.29, 1.82) is 5.26 Å². The van der Waals surface area contributed by atoms with Crippen LogP contribution >= 0.6 is 0 Å². The van der Waals surface area contributed by atoms with Gasteiger partial charge in [-0.05, 0) is 38.0 Å². The lowest BCUT2D eigenvalue weighted by molar-refractivity contribution is 0.0143. The van der Waals surface area contributed by atoms with Crippen molar-refractivity contribution in [1.82, 2.24) is 0 Å². The van der Waals surface area contributed by atoms with Crippen LogP contribution in [0.1, 0.15) is 44.9 Å². The maximum atomic E-state index is 9.55. The Morgan fingerprint density at radius 1 is 1.23 bits per heavy atom. The average molecular weight is 179 g/mol. The van der Waals surface area contributed by atoms with Crippen LogP contribution in [0.5, 0.6) is 0 Å². The Labute approximate surface area is 79.6 Å². The molecule has 13 heavy (non-hydrogen) atoms. The van der Waals surface area contributed by atoms with Crippen LogP contribution in [-0.4, -0.2) is 11.2 Å². The lowest BCUT2D eigenvalue weighted by Gasteiger charge is -2.44. The third-order valence-corrected chi connectivity index (χ3v) is 3.91. The molecule has 2 heteroatoms. The molecule has 2 fully saturated rings. The van der Waals surface area contributed by atoms with Gasteiger partial charge in [-0.1, -0.05) is 12.8 Å². The number of nitrogens with zero attached hydrogens (tertiary/aromatic N) is 1. The van der Waals surface area contributed by atoms with Crippen LogP contribution in [0.2, 0.25) is 0 Å². The van der Waals surface area contributed by atoms with Gasteiger partial charge in [0.05, 0.1) is 17.6 Å². The predicted octanol–water partition coefficient (Wildman–Crippen LogP) is 2.23.